The fourth-order valence-electron chi connectivity index (χ4n) is 3.93. The van der Waals surface area contributed by atoms with Crippen molar-refractivity contribution in [2.45, 2.75) is 66.9 Å². The predicted octanol–water partition coefficient (Wildman–Crippen LogP) is 6.23. The zero-order valence-electron chi connectivity index (χ0n) is 17.6. The maximum absolute atomic E-state index is 13.2. The van der Waals surface area contributed by atoms with Crippen molar-refractivity contribution in [3.8, 4) is 5.75 Å². The molecule has 0 fully saturated rings. The van der Waals surface area contributed by atoms with Crippen molar-refractivity contribution in [1.29, 1.82) is 0 Å². The number of aryl methyl sites for hydroxylation is 2. The number of hydrogen-bond acceptors (Lipinski definition) is 2. The quantitative estimate of drug-likeness (QED) is 0.478. The van der Waals surface area contributed by atoms with E-state index in [9.17, 15) is 4.79 Å². The summed E-state index contributed by atoms with van der Waals surface area (Å²) in [6.45, 7) is 14.6. The molecule has 1 aliphatic heterocycles. The minimum absolute atomic E-state index is 0.0649. The van der Waals surface area contributed by atoms with Crippen molar-refractivity contribution in [2.75, 3.05) is 0 Å². The number of carbonyl (C=O) groups is 1. The third-order valence-corrected chi connectivity index (χ3v) is 5.86. The summed E-state index contributed by atoms with van der Waals surface area (Å²) in [5.74, 6) is 0.979. The van der Waals surface area contributed by atoms with Crippen LogP contribution in [0.3, 0.4) is 0 Å². The summed E-state index contributed by atoms with van der Waals surface area (Å²) in [6.07, 6.45) is 5.45. The molecule has 2 heteroatoms. The largest absolute Gasteiger partial charge is 0.487 e. The Labute approximate surface area is 163 Å². The second kappa shape index (κ2) is 6.99. The van der Waals surface area contributed by atoms with E-state index in [-0.39, 0.29) is 11.4 Å². The number of ether oxygens (including phenoxy) is 1. The van der Waals surface area contributed by atoms with E-state index in [4.69, 9.17) is 4.74 Å². The van der Waals surface area contributed by atoms with E-state index >= 15 is 0 Å². The van der Waals surface area contributed by atoms with Gasteiger partial charge in [-0.25, -0.2) is 0 Å². The Morgan fingerprint density at radius 1 is 1.04 bits per heavy atom. The summed E-state index contributed by atoms with van der Waals surface area (Å²) in [4.78, 5) is 13.2. The Morgan fingerprint density at radius 2 is 1.74 bits per heavy atom. The number of ketones is 1. The van der Waals surface area contributed by atoms with Crippen LogP contribution >= 0.6 is 0 Å². The molecule has 0 spiro atoms. The standard InChI is InChI=1S/C25H30O2/c1-15-8-9-20(16(2)14-15)10-11-22(26)23-18(4)17(3)19(5)24-21(23)12-13-25(6,7)27-24/h8-11,14H,12-13H2,1-7H3/b11-10+. The highest BCUT2D eigenvalue weighted by atomic mass is 16.5. The van der Waals surface area contributed by atoms with Gasteiger partial charge < -0.3 is 4.74 Å². The number of benzene rings is 2. The highest BCUT2D eigenvalue weighted by Crippen LogP contribution is 2.41. The van der Waals surface area contributed by atoms with E-state index < -0.39 is 0 Å². The number of allylic oxidation sites excluding steroid dienone is 1. The van der Waals surface area contributed by atoms with Crippen LogP contribution in [0.1, 0.15) is 69.6 Å². The van der Waals surface area contributed by atoms with Gasteiger partial charge in [0.2, 0.25) is 0 Å². The topological polar surface area (TPSA) is 26.3 Å². The molecule has 0 saturated carbocycles. The Balaban J connectivity index is 2.05. The van der Waals surface area contributed by atoms with Crippen LogP contribution in [0.15, 0.2) is 24.3 Å². The predicted molar refractivity (Wildman–Crippen MR) is 113 cm³/mol. The first-order valence-corrected chi connectivity index (χ1v) is 9.72. The summed E-state index contributed by atoms with van der Waals surface area (Å²) >= 11 is 0. The fraction of sp³-hybridized carbons (Fsp3) is 0.400. The van der Waals surface area contributed by atoms with Crippen LogP contribution in [0.5, 0.6) is 5.75 Å². The lowest BCUT2D eigenvalue weighted by atomic mass is 9.84. The summed E-state index contributed by atoms with van der Waals surface area (Å²) in [7, 11) is 0. The van der Waals surface area contributed by atoms with E-state index in [1.807, 2.05) is 6.08 Å². The smallest absolute Gasteiger partial charge is 0.186 e. The zero-order chi connectivity index (χ0) is 19.9. The van der Waals surface area contributed by atoms with Gasteiger partial charge >= 0.3 is 0 Å². The first-order valence-electron chi connectivity index (χ1n) is 9.72. The average molecular weight is 363 g/mol. The van der Waals surface area contributed by atoms with Crippen LogP contribution in [-0.2, 0) is 6.42 Å². The van der Waals surface area contributed by atoms with Crippen LogP contribution < -0.4 is 4.74 Å². The minimum Gasteiger partial charge on any atom is -0.487 e. The maximum Gasteiger partial charge on any atom is 0.186 e. The molecule has 0 atom stereocenters. The van der Waals surface area contributed by atoms with Crippen LogP contribution in [-0.4, -0.2) is 11.4 Å². The van der Waals surface area contributed by atoms with Crippen LogP contribution in [0.2, 0.25) is 0 Å². The van der Waals surface area contributed by atoms with E-state index in [0.29, 0.717) is 0 Å². The van der Waals surface area contributed by atoms with Crippen molar-refractivity contribution in [1.82, 2.24) is 0 Å². The number of carbonyl (C=O) groups excluding carboxylic acids is 1. The molecule has 2 aromatic rings. The van der Waals surface area contributed by atoms with E-state index in [1.54, 1.807) is 6.08 Å². The van der Waals surface area contributed by atoms with Crippen LogP contribution in [0, 0.1) is 34.6 Å². The second-order valence-electron chi connectivity index (χ2n) is 8.48. The van der Waals surface area contributed by atoms with Gasteiger partial charge in [-0.15, -0.1) is 0 Å². The van der Waals surface area contributed by atoms with Gasteiger partial charge in [-0.1, -0.05) is 29.8 Å². The molecule has 0 aromatic heterocycles. The second-order valence-corrected chi connectivity index (χ2v) is 8.48. The lowest BCUT2D eigenvalue weighted by Crippen LogP contribution is -2.34. The van der Waals surface area contributed by atoms with Crippen LogP contribution in [0.4, 0.5) is 0 Å². The third-order valence-electron chi connectivity index (χ3n) is 5.86. The van der Waals surface area contributed by atoms with Gasteiger partial charge in [-0.3, -0.25) is 4.79 Å². The van der Waals surface area contributed by atoms with Crippen LogP contribution in [0.25, 0.3) is 6.08 Å². The first-order chi connectivity index (χ1) is 12.6. The van der Waals surface area contributed by atoms with Gasteiger partial charge in [0, 0.05) is 11.1 Å². The molecule has 0 aliphatic carbocycles. The minimum atomic E-state index is -0.186. The van der Waals surface area contributed by atoms with Gasteiger partial charge in [-0.05, 0) is 95.2 Å². The highest BCUT2D eigenvalue weighted by Gasteiger charge is 2.32. The Bertz CT molecular complexity index is 946. The molecular weight excluding hydrogens is 332 g/mol. The molecule has 1 heterocycles. The summed E-state index contributed by atoms with van der Waals surface area (Å²) in [5, 5.41) is 0. The molecule has 0 unspecified atom stereocenters. The van der Waals surface area contributed by atoms with Crippen molar-refractivity contribution in [3.05, 3.63) is 68.8 Å². The van der Waals surface area contributed by atoms with Gasteiger partial charge in [0.15, 0.2) is 5.78 Å². The van der Waals surface area contributed by atoms with Gasteiger partial charge in [0.25, 0.3) is 0 Å². The number of rotatable bonds is 3. The van der Waals surface area contributed by atoms with Gasteiger partial charge in [-0.2, -0.15) is 0 Å². The van der Waals surface area contributed by atoms with Crippen molar-refractivity contribution >= 4 is 11.9 Å². The number of fused-ring (bicyclic) bond motifs is 1. The molecule has 0 N–H and O–H groups in total. The molecule has 0 amide bonds. The Morgan fingerprint density at radius 3 is 2.41 bits per heavy atom. The van der Waals surface area contributed by atoms with Crippen molar-refractivity contribution in [3.63, 3.8) is 0 Å². The third kappa shape index (κ3) is 3.71. The molecule has 27 heavy (non-hydrogen) atoms. The molecular formula is C25H30O2. The van der Waals surface area contributed by atoms with Crippen molar-refractivity contribution < 1.29 is 9.53 Å². The van der Waals surface area contributed by atoms with E-state index in [0.717, 1.165) is 52.0 Å². The fourth-order valence-corrected chi connectivity index (χ4v) is 3.93. The summed E-state index contributed by atoms with van der Waals surface area (Å²) < 4.78 is 6.30. The monoisotopic (exact) mass is 362 g/mol. The lowest BCUT2D eigenvalue weighted by Gasteiger charge is -2.35. The molecule has 2 aromatic carbocycles. The Kier molecular flexibility index (Phi) is 5.03. The molecule has 0 saturated heterocycles. The maximum atomic E-state index is 13.2. The molecule has 142 valence electrons. The molecule has 2 nitrogen and oxygen atoms in total. The van der Waals surface area contributed by atoms with Gasteiger partial charge in [0.1, 0.15) is 11.4 Å². The summed E-state index contributed by atoms with van der Waals surface area (Å²) in [6, 6.07) is 6.29. The van der Waals surface area contributed by atoms with Crippen molar-refractivity contribution in [2.24, 2.45) is 0 Å². The molecule has 0 radical (unpaired) electrons. The Hall–Kier alpha value is -2.35. The first kappa shape index (κ1) is 19.4. The molecule has 1 aliphatic rings. The summed E-state index contributed by atoms with van der Waals surface area (Å²) in [5.41, 5.74) is 8.59. The zero-order valence-corrected chi connectivity index (χ0v) is 17.6. The molecule has 0 bridgehead atoms. The van der Waals surface area contributed by atoms with Gasteiger partial charge in [0.05, 0.1) is 0 Å². The number of hydrogen-bond donors (Lipinski definition) is 0. The normalized spacial score (nSPS) is 15.5. The SMILES string of the molecule is Cc1ccc(/C=C/C(=O)c2c(C)c(C)c(C)c3c2CCC(C)(C)O3)c(C)c1. The highest BCUT2D eigenvalue weighted by molar-refractivity contribution is 6.09. The molecule has 3 rings (SSSR count). The lowest BCUT2D eigenvalue weighted by molar-refractivity contribution is 0.0823. The van der Waals surface area contributed by atoms with E-state index in [2.05, 4.69) is 66.7 Å². The average Bonchev–Trinajstić information content (AvgIpc) is 2.59. The van der Waals surface area contributed by atoms with E-state index in [1.165, 1.54) is 11.1 Å².